The molecule has 6 heteroatoms. The minimum absolute atomic E-state index is 1.22. The Kier molecular flexibility index (Phi) is 19.4. The standard InChI is InChI=1S/C35H53S.ClHO4/c1-2-3-4-5-6-7-8-9-10-11-12-13-14-15-16-17-18-19-20-21-26-31-32-27-22-24-29-34(32)36-35-30-25-23-28-33(31)35;2-1(3,4)5/h22-25,27-30H,2-21,26H2,1H3;(H,2,3,4,5)/q+1;/p-1. The van der Waals surface area contributed by atoms with Crippen molar-refractivity contribution in [1.82, 2.24) is 0 Å². The molecule has 230 valence electrons. The predicted octanol–water partition coefficient (Wildman–Crippen LogP) is 7.94. The summed E-state index contributed by atoms with van der Waals surface area (Å²) in [4.78, 5) is 0. The van der Waals surface area contributed by atoms with E-state index >= 15 is 0 Å². The zero-order chi connectivity index (χ0) is 29.6. The van der Waals surface area contributed by atoms with E-state index in [-0.39, 0.29) is 0 Å². The molecule has 2 aromatic carbocycles. The third kappa shape index (κ3) is 17.4. The van der Waals surface area contributed by atoms with Gasteiger partial charge in [-0.25, -0.2) is 18.6 Å². The average molecular weight is 605 g/mol. The van der Waals surface area contributed by atoms with Crippen LogP contribution >= 0.6 is 11.3 Å². The third-order valence-electron chi connectivity index (χ3n) is 7.92. The van der Waals surface area contributed by atoms with Crippen LogP contribution in [0.4, 0.5) is 0 Å². The van der Waals surface area contributed by atoms with Crippen LogP contribution in [0.3, 0.4) is 0 Å². The molecule has 0 unspecified atom stereocenters. The highest BCUT2D eigenvalue weighted by Crippen LogP contribution is 2.33. The summed E-state index contributed by atoms with van der Waals surface area (Å²) in [6.07, 6.45) is 30.1. The average Bonchev–Trinajstić information content (AvgIpc) is 2.94. The fourth-order valence-corrected chi connectivity index (χ4v) is 6.83. The van der Waals surface area contributed by atoms with E-state index in [1.165, 1.54) is 155 Å². The van der Waals surface area contributed by atoms with Gasteiger partial charge in [-0.05, 0) is 30.5 Å². The molecule has 3 aromatic rings. The van der Waals surface area contributed by atoms with Gasteiger partial charge in [0.05, 0.1) is 0 Å². The Morgan fingerprint density at radius 3 is 1.10 bits per heavy atom. The Labute approximate surface area is 255 Å². The Bertz CT molecular complexity index is 1010. The van der Waals surface area contributed by atoms with Gasteiger partial charge in [0.1, 0.15) is 0 Å². The van der Waals surface area contributed by atoms with Gasteiger partial charge < -0.3 is 0 Å². The molecular weight excluding hydrogens is 552 g/mol. The second-order valence-corrected chi connectivity index (χ2v) is 13.3. The van der Waals surface area contributed by atoms with Crippen LogP contribution in [-0.4, -0.2) is 0 Å². The molecular formula is C35H53ClO4S. The Balaban J connectivity index is 0.00000108. The maximum absolute atomic E-state index is 8.49. The first kappa shape index (κ1) is 35.9. The maximum Gasteiger partial charge on any atom is 0.239 e. The number of halogens is 1. The summed E-state index contributed by atoms with van der Waals surface area (Å²) >= 11 is 1.93. The van der Waals surface area contributed by atoms with E-state index in [0.29, 0.717) is 0 Å². The molecule has 1 heterocycles. The van der Waals surface area contributed by atoms with Gasteiger partial charge in [0, 0.05) is 22.9 Å². The number of hydrogen-bond acceptors (Lipinski definition) is 4. The van der Waals surface area contributed by atoms with E-state index < -0.39 is 10.2 Å². The molecule has 4 nitrogen and oxygen atoms in total. The summed E-state index contributed by atoms with van der Waals surface area (Å²) in [6.45, 7) is 2.30. The van der Waals surface area contributed by atoms with E-state index in [1.807, 2.05) is 11.3 Å². The largest absolute Gasteiger partial charge is 0.239 e. The lowest BCUT2D eigenvalue weighted by molar-refractivity contribution is -2.00. The number of aryl methyl sites for hydroxylation is 1. The van der Waals surface area contributed by atoms with E-state index in [9.17, 15) is 0 Å². The van der Waals surface area contributed by atoms with E-state index in [0.717, 1.165) is 0 Å². The molecule has 0 atom stereocenters. The predicted molar refractivity (Wildman–Crippen MR) is 165 cm³/mol. The number of hydrogen-bond donors (Lipinski definition) is 0. The molecule has 0 aliphatic rings. The molecule has 0 saturated heterocycles. The third-order valence-corrected chi connectivity index (χ3v) is 9.08. The van der Waals surface area contributed by atoms with Crippen molar-refractivity contribution in [2.45, 2.75) is 142 Å². The maximum atomic E-state index is 8.49. The SMILES string of the molecule is CCCCCCCCCCCCCCCCCCCCCCc1c2ccccc2[s+]c2ccccc12.[O-][Cl+3]([O-])([O-])[O-]. The summed E-state index contributed by atoms with van der Waals surface area (Å²) in [5.74, 6) is 0. The molecule has 0 aliphatic heterocycles. The van der Waals surface area contributed by atoms with Gasteiger partial charge in [-0.3, -0.25) is 0 Å². The lowest BCUT2D eigenvalue weighted by Crippen LogP contribution is -2.68. The van der Waals surface area contributed by atoms with Crippen LogP contribution < -0.4 is 18.6 Å². The fourth-order valence-electron chi connectivity index (χ4n) is 5.70. The lowest BCUT2D eigenvalue weighted by atomic mass is 9.99. The first-order valence-electron chi connectivity index (χ1n) is 16.2. The first-order valence-corrected chi connectivity index (χ1v) is 18.3. The quantitative estimate of drug-likeness (QED) is 0.0700. The van der Waals surface area contributed by atoms with Gasteiger partial charge in [-0.1, -0.05) is 153 Å². The van der Waals surface area contributed by atoms with Crippen molar-refractivity contribution in [3.8, 4) is 0 Å². The van der Waals surface area contributed by atoms with Crippen LogP contribution in [-0.2, 0) is 6.42 Å². The molecule has 1 aromatic heterocycles. The van der Waals surface area contributed by atoms with Crippen LogP contribution in [0.5, 0.6) is 0 Å². The molecule has 0 radical (unpaired) electrons. The smallest absolute Gasteiger partial charge is 0.222 e. The molecule has 0 saturated carbocycles. The van der Waals surface area contributed by atoms with E-state index in [2.05, 4.69) is 55.5 Å². The number of rotatable bonds is 21. The van der Waals surface area contributed by atoms with E-state index in [1.54, 1.807) is 5.56 Å². The molecule has 0 bridgehead atoms. The zero-order valence-corrected chi connectivity index (χ0v) is 27.0. The molecule has 3 rings (SSSR count). The second kappa shape index (κ2) is 22.2. The highest BCUT2D eigenvalue weighted by Gasteiger charge is 2.16. The number of fused-ring (bicyclic) bond motifs is 2. The first-order chi connectivity index (χ1) is 19.9. The van der Waals surface area contributed by atoms with Gasteiger partial charge in [0.25, 0.3) is 0 Å². The minimum Gasteiger partial charge on any atom is -0.222 e. The number of unbranched alkanes of at least 4 members (excludes halogenated alkanes) is 19. The van der Waals surface area contributed by atoms with Crippen LogP contribution in [0.2, 0.25) is 0 Å². The van der Waals surface area contributed by atoms with Crippen molar-refractivity contribution in [3.05, 3.63) is 54.1 Å². The van der Waals surface area contributed by atoms with Crippen LogP contribution in [0.1, 0.15) is 141 Å². The minimum atomic E-state index is -4.94. The van der Waals surface area contributed by atoms with Crippen molar-refractivity contribution < 1.29 is 28.9 Å². The zero-order valence-electron chi connectivity index (χ0n) is 25.4. The molecule has 0 N–H and O–H groups in total. The summed E-state index contributed by atoms with van der Waals surface area (Å²) < 4.78 is 36.8. The molecule has 0 spiro atoms. The Morgan fingerprint density at radius 1 is 0.463 bits per heavy atom. The topological polar surface area (TPSA) is 92.2 Å². The highest BCUT2D eigenvalue weighted by atomic mass is 35.7. The van der Waals surface area contributed by atoms with Crippen LogP contribution in [0.15, 0.2) is 48.5 Å². The number of benzene rings is 2. The van der Waals surface area contributed by atoms with Gasteiger partial charge in [0.15, 0.2) is 0 Å². The van der Waals surface area contributed by atoms with Gasteiger partial charge in [0.2, 0.25) is 20.7 Å². The van der Waals surface area contributed by atoms with Gasteiger partial charge >= 0.3 is 0 Å². The second-order valence-electron chi connectivity index (χ2n) is 11.4. The summed E-state index contributed by atoms with van der Waals surface area (Å²) in [5, 5.41) is 2.94. The van der Waals surface area contributed by atoms with Crippen molar-refractivity contribution in [1.29, 1.82) is 0 Å². The molecule has 0 aliphatic carbocycles. The molecule has 41 heavy (non-hydrogen) atoms. The van der Waals surface area contributed by atoms with Gasteiger partial charge in [-0.15, -0.1) is 10.2 Å². The van der Waals surface area contributed by atoms with Crippen LogP contribution in [0, 0.1) is 10.2 Å². The molecule has 0 fully saturated rings. The van der Waals surface area contributed by atoms with Crippen molar-refractivity contribution in [2.75, 3.05) is 0 Å². The van der Waals surface area contributed by atoms with E-state index in [4.69, 9.17) is 18.6 Å². The fraction of sp³-hybridized carbons (Fsp3) is 0.629. The molecule has 0 amide bonds. The Morgan fingerprint density at radius 2 is 0.756 bits per heavy atom. The lowest BCUT2D eigenvalue weighted by Gasteiger charge is -2.17. The van der Waals surface area contributed by atoms with Crippen molar-refractivity contribution in [2.24, 2.45) is 0 Å². The van der Waals surface area contributed by atoms with Crippen molar-refractivity contribution >= 4 is 31.5 Å². The normalized spacial score (nSPS) is 11.6. The van der Waals surface area contributed by atoms with Crippen molar-refractivity contribution in [3.63, 3.8) is 0 Å². The van der Waals surface area contributed by atoms with Gasteiger partial charge in [-0.2, -0.15) is 0 Å². The van der Waals surface area contributed by atoms with Crippen LogP contribution in [0.25, 0.3) is 20.2 Å². The highest BCUT2D eigenvalue weighted by molar-refractivity contribution is 7.24. The summed E-state index contributed by atoms with van der Waals surface area (Å²) in [5.41, 5.74) is 1.57. The summed E-state index contributed by atoms with van der Waals surface area (Å²) in [7, 11) is -4.94. The summed E-state index contributed by atoms with van der Waals surface area (Å²) in [6, 6.07) is 18.0. The Hall–Kier alpha value is -1.34. The monoisotopic (exact) mass is 604 g/mol.